The monoisotopic (exact) mass is 417 g/mol. The van der Waals surface area contributed by atoms with Gasteiger partial charge in [-0.05, 0) is 87.2 Å². The van der Waals surface area contributed by atoms with Crippen LogP contribution in [0.1, 0.15) is 49.7 Å². The fourth-order valence-electron chi connectivity index (χ4n) is 5.20. The summed E-state index contributed by atoms with van der Waals surface area (Å²) < 4.78 is 19.5. The van der Waals surface area contributed by atoms with Gasteiger partial charge in [-0.2, -0.15) is 0 Å². The average Bonchev–Trinajstić information content (AvgIpc) is 2.97. The number of carbonyl (C=O) groups excluding carboxylic acids is 2. The zero-order valence-electron chi connectivity index (χ0n) is 17.8. The van der Waals surface area contributed by atoms with E-state index in [0.29, 0.717) is 37.5 Å². The van der Waals surface area contributed by atoms with Gasteiger partial charge in [-0.3, -0.25) is 9.69 Å². The Kier molecular flexibility index (Phi) is 6.56. The van der Waals surface area contributed by atoms with Crippen LogP contribution < -0.4 is 10.2 Å². The molecule has 164 valence electrons. The second kappa shape index (κ2) is 9.33. The van der Waals surface area contributed by atoms with Crippen LogP contribution in [-0.4, -0.2) is 56.2 Å². The van der Waals surface area contributed by atoms with Crippen LogP contribution in [0.15, 0.2) is 12.1 Å². The highest BCUT2D eigenvalue weighted by molar-refractivity contribution is 5.94. The van der Waals surface area contributed by atoms with Crippen LogP contribution in [0, 0.1) is 11.7 Å². The van der Waals surface area contributed by atoms with Crippen molar-refractivity contribution in [2.24, 2.45) is 5.92 Å². The molecule has 0 atom stereocenters. The summed E-state index contributed by atoms with van der Waals surface area (Å²) in [4.78, 5) is 28.2. The Labute approximate surface area is 177 Å². The topological polar surface area (TPSA) is 61.9 Å². The Morgan fingerprint density at radius 3 is 2.70 bits per heavy atom. The molecule has 1 N–H and O–H groups in total. The van der Waals surface area contributed by atoms with Crippen molar-refractivity contribution >= 4 is 17.7 Å². The molecule has 3 aliphatic rings. The van der Waals surface area contributed by atoms with E-state index < -0.39 is 0 Å². The summed E-state index contributed by atoms with van der Waals surface area (Å²) in [6.45, 7) is 2.94. The molecular weight excluding hydrogens is 385 g/mol. The van der Waals surface area contributed by atoms with Gasteiger partial charge in [0.25, 0.3) is 0 Å². The van der Waals surface area contributed by atoms with Crippen molar-refractivity contribution in [2.45, 2.75) is 57.4 Å². The minimum atomic E-state index is -0.191. The molecule has 1 aromatic rings. The van der Waals surface area contributed by atoms with E-state index in [1.54, 1.807) is 4.90 Å². The number of rotatable bonds is 5. The van der Waals surface area contributed by atoms with Crippen molar-refractivity contribution in [3.63, 3.8) is 0 Å². The average molecular weight is 418 g/mol. The molecule has 4 rings (SSSR count). The van der Waals surface area contributed by atoms with E-state index in [1.165, 1.54) is 13.2 Å². The minimum absolute atomic E-state index is 0.000826. The third kappa shape index (κ3) is 4.46. The second-order valence-corrected chi connectivity index (χ2v) is 8.73. The number of fused-ring (bicyclic) bond motifs is 1. The highest BCUT2D eigenvalue weighted by atomic mass is 19.1. The van der Waals surface area contributed by atoms with Gasteiger partial charge in [0.05, 0.1) is 7.11 Å². The molecule has 1 saturated heterocycles. The number of benzene rings is 1. The van der Waals surface area contributed by atoms with Gasteiger partial charge < -0.3 is 15.0 Å². The van der Waals surface area contributed by atoms with E-state index in [4.69, 9.17) is 4.74 Å². The van der Waals surface area contributed by atoms with E-state index in [0.717, 1.165) is 62.7 Å². The SMILES string of the molecule is COC(=O)CCC1CCC(N2CCN(c3cc(F)c4c(c3)CCNCC4)C2=O)CC1. The molecule has 0 aromatic heterocycles. The number of anilines is 1. The number of methoxy groups -OCH3 is 1. The van der Waals surface area contributed by atoms with Crippen LogP contribution in [0.4, 0.5) is 14.9 Å². The van der Waals surface area contributed by atoms with Crippen molar-refractivity contribution in [3.05, 3.63) is 29.1 Å². The van der Waals surface area contributed by atoms with Gasteiger partial charge in [-0.1, -0.05) is 0 Å². The summed E-state index contributed by atoms with van der Waals surface area (Å²) in [5.41, 5.74) is 2.50. The molecular formula is C23H32FN3O3. The zero-order chi connectivity index (χ0) is 21.1. The number of nitrogens with one attached hydrogen (secondary N) is 1. The maximum Gasteiger partial charge on any atom is 0.324 e. The Hall–Kier alpha value is -2.15. The van der Waals surface area contributed by atoms with Gasteiger partial charge in [-0.15, -0.1) is 0 Å². The number of hydrogen-bond acceptors (Lipinski definition) is 4. The van der Waals surface area contributed by atoms with Gasteiger partial charge in [-0.25, -0.2) is 9.18 Å². The molecule has 0 radical (unpaired) electrons. The Bertz CT molecular complexity index is 792. The third-order valence-electron chi connectivity index (χ3n) is 6.99. The van der Waals surface area contributed by atoms with E-state index >= 15 is 0 Å². The van der Waals surface area contributed by atoms with Crippen molar-refractivity contribution in [1.29, 1.82) is 0 Å². The largest absolute Gasteiger partial charge is 0.469 e. The normalized spacial score (nSPS) is 24.5. The summed E-state index contributed by atoms with van der Waals surface area (Å²) in [6.07, 6.45) is 6.83. The Morgan fingerprint density at radius 2 is 1.93 bits per heavy atom. The molecule has 2 fully saturated rings. The van der Waals surface area contributed by atoms with Gasteiger partial charge >= 0.3 is 12.0 Å². The van der Waals surface area contributed by atoms with E-state index in [-0.39, 0.29) is 23.9 Å². The van der Waals surface area contributed by atoms with Crippen LogP contribution in [0.3, 0.4) is 0 Å². The van der Waals surface area contributed by atoms with Crippen molar-refractivity contribution in [2.75, 3.05) is 38.2 Å². The Morgan fingerprint density at radius 1 is 1.17 bits per heavy atom. The smallest absolute Gasteiger partial charge is 0.324 e. The lowest BCUT2D eigenvalue weighted by atomic mass is 9.83. The van der Waals surface area contributed by atoms with E-state index in [9.17, 15) is 14.0 Å². The molecule has 6 nitrogen and oxygen atoms in total. The number of urea groups is 1. The molecule has 1 aliphatic carbocycles. The lowest BCUT2D eigenvalue weighted by Gasteiger charge is -2.34. The molecule has 1 aromatic carbocycles. The highest BCUT2D eigenvalue weighted by Crippen LogP contribution is 2.34. The first-order valence-electron chi connectivity index (χ1n) is 11.2. The van der Waals surface area contributed by atoms with Crippen LogP contribution in [0.5, 0.6) is 0 Å². The highest BCUT2D eigenvalue weighted by Gasteiger charge is 2.36. The van der Waals surface area contributed by atoms with Crippen LogP contribution in [0.25, 0.3) is 0 Å². The predicted octanol–water partition coefficient (Wildman–Crippen LogP) is 3.27. The molecule has 30 heavy (non-hydrogen) atoms. The molecule has 2 amide bonds. The summed E-state index contributed by atoms with van der Waals surface area (Å²) in [7, 11) is 1.43. The molecule has 7 heteroatoms. The third-order valence-corrected chi connectivity index (χ3v) is 6.99. The second-order valence-electron chi connectivity index (χ2n) is 8.73. The van der Waals surface area contributed by atoms with Crippen molar-refractivity contribution in [1.82, 2.24) is 10.2 Å². The summed E-state index contributed by atoms with van der Waals surface area (Å²) >= 11 is 0. The molecule has 0 spiro atoms. The number of carbonyl (C=O) groups is 2. The maximum atomic E-state index is 14.7. The lowest BCUT2D eigenvalue weighted by molar-refractivity contribution is -0.141. The van der Waals surface area contributed by atoms with E-state index in [1.807, 2.05) is 11.0 Å². The van der Waals surface area contributed by atoms with Crippen molar-refractivity contribution in [3.8, 4) is 0 Å². The first-order chi connectivity index (χ1) is 14.6. The van der Waals surface area contributed by atoms with Crippen LogP contribution >= 0.6 is 0 Å². The summed E-state index contributed by atoms with van der Waals surface area (Å²) in [5.74, 6) is 0.191. The molecule has 2 aliphatic heterocycles. The number of nitrogens with zero attached hydrogens (tertiary/aromatic N) is 2. The number of ether oxygens (including phenoxy) is 1. The van der Waals surface area contributed by atoms with Crippen molar-refractivity contribution < 1.29 is 18.7 Å². The first-order valence-corrected chi connectivity index (χ1v) is 11.2. The molecule has 2 heterocycles. The van der Waals surface area contributed by atoms with Gasteiger partial charge in [0.15, 0.2) is 0 Å². The Balaban J connectivity index is 1.37. The number of halogens is 1. The summed E-state index contributed by atoms with van der Waals surface area (Å²) in [6, 6.07) is 3.79. The lowest BCUT2D eigenvalue weighted by Crippen LogP contribution is -2.41. The quantitative estimate of drug-likeness (QED) is 0.747. The maximum absolute atomic E-state index is 14.7. The van der Waals surface area contributed by atoms with Gasteiger partial charge in [0.1, 0.15) is 5.82 Å². The standard InChI is InChI=1S/C23H32FN3O3/c1-30-22(28)7-4-16-2-5-18(6-3-16)26-12-13-27(23(26)29)19-14-17-8-10-25-11-9-20(17)21(24)15-19/h14-16,18,25H,2-13H2,1H3. The van der Waals surface area contributed by atoms with Crippen LogP contribution in [-0.2, 0) is 22.4 Å². The predicted molar refractivity (Wildman–Crippen MR) is 113 cm³/mol. The van der Waals surface area contributed by atoms with E-state index in [2.05, 4.69) is 5.32 Å². The number of amides is 2. The van der Waals surface area contributed by atoms with Crippen LogP contribution in [0.2, 0.25) is 0 Å². The van der Waals surface area contributed by atoms with Gasteiger partial charge in [0.2, 0.25) is 0 Å². The number of hydrogen-bond donors (Lipinski definition) is 1. The fourth-order valence-corrected chi connectivity index (χ4v) is 5.20. The number of esters is 1. The first kappa shape index (κ1) is 21.1. The van der Waals surface area contributed by atoms with Gasteiger partial charge in [0, 0.05) is 31.2 Å². The minimum Gasteiger partial charge on any atom is -0.469 e. The zero-order valence-corrected chi connectivity index (χ0v) is 17.8. The molecule has 0 unspecified atom stereocenters. The fraction of sp³-hybridized carbons (Fsp3) is 0.652. The molecule has 0 bridgehead atoms. The summed E-state index contributed by atoms with van der Waals surface area (Å²) in [5, 5.41) is 3.31. The molecule has 1 saturated carbocycles.